The minimum atomic E-state index is -4.16. The van der Waals surface area contributed by atoms with Crippen LogP contribution in [0, 0.1) is 0 Å². The predicted molar refractivity (Wildman–Crippen MR) is 107 cm³/mol. The number of nitrogens with one attached hydrogen (secondary N) is 1. The lowest BCUT2D eigenvalue weighted by Crippen LogP contribution is -2.27. The maximum atomic E-state index is 12.7. The van der Waals surface area contributed by atoms with Gasteiger partial charge in [-0.3, -0.25) is 0 Å². The number of halogens is 2. The predicted octanol–water partition coefficient (Wildman–Crippen LogP) is 2.41. The molecule has 2 aromatic carbocycles. The lowest BCUT2D eigenvalue weighted by molar-refractivity contribution is 0.204. The molecular weight excluding hydrogens is 498 g/mol. The van der Waals surface area contributed by atoms with Crippen molar-refractivity contribution in [1.82, 2.24) is 4.72 Å². The number of sulfonamides is 1. The van der Waals surface area contributed by atoms with Crippen LogP contribution in [-0.4, -0.2) is 47.3 Å². The Morgan fingerprint density at radius 3 is 2.43 bits per heavy atom. The van der Waals surface area contributed by atoms with Crippen molar-refractivity contribution < 1.29 is 31.8 Å². The summed E-state index contributed by atoms with van der Waals surface area (Å²) in [6.07, 6.45) is 0. The molecule has 0 saturated heterocycles. The summed E-state index contributed by atoms with van der Waals surface area (Å²) in [4.78, 5) is -0.927. The summed E-state index contributed by atoms with van der Waals surface area (Å²) in [6.45, 7) is 0.0499. The minimum absolute atomic E-state index is 0.0513. The van der Waals surface area contributed by atoms with E-state index in [1.54, 1.807) is 0 Å². The van der Waals surface area contributed by atoms with Crippen LogP contribution in [-0.2, 0) is 30.4 Å². The Morgan fingerprint density at radius 2 is 1.79 bits per heavy atom. The number of rotatable bonds is 8. The molecule has 0 heterocycles. The largest absolute Gasteiger partial charge is 0.507 e. The number of sulfone groups is 1. The minimum Gasteiger partial charge on any atom is -0.507 e. The summed E-state index contributed by atoms with van der Waals surface area (Å²) < 4.78 is 57.6. The number of ether oxygens (including phenoxy) is 1. The molecule has 0 aliphatic rings. The van der Waals surface area contributed by atoms with Gasteiger partial charge in [-0.25, -0.2) is 21.6 Å². The first kappa shape index (κ1) is 22.9. The Hall–Kier alpha value is -1.37. The molecule has 0 fully saturated rings. The Labute approximate surface area is 176 Å². The fourth-order valence-corrected chi connectivity index (χ4v) is 5.79. The molecule has 154 valence electrons. The van der Waals surface area contributed by atoms with Gasteiger partial charge in [0.15, 0.2) is 9.84 Å². The zero-order valence-corrected chi connectivity index (χ0v) is 18.5. The van der Waals surface area contributed by atoms with Gasteiger partial charge in [0, 0.05) is 28.7 Å². The highest BCUT2D eigenvalue weighted by atomic mass is 79.9. The first-order chi connectivity index (χ1) is 13.0. The maximum Gasteiger partial charge on any atom is 0.244 e. The van der Waals surface area contributed by atoms with E-state index in [0.717, 1.165) is 12.1 Å². The van der Waals surface area contributed by atoms with E-state index in [9.17, 15) is 27.0 Å². The third-order valence-electron chi connectivity index (χ3n) is 3.61. The van der Waals surface area contributed by atoms with E-state index in [2.05, 4.69) is 20.7 Å². The highest BCUT2D eigenvalue weighted by Gasteiger charge is 2.26. The Bertz CT molecular complexity index is 1090. The van der Waals surface area contributed by atoms with E-state index in [4.69, 9.17) is 16.3 Å². The van der Waals surface area contributed by atoms with Gasteiger partial charge >= 0.3 is 0 Å². The van der Waals surface area contributed by atoms with E-state index in [1.165, 1.54) is 25.3 Å². The van der Waals surface area contributed by atoms with E-state index < -0.39 is 42.0 Å². The van der Waals surface area contributed by atoms with Crippen LogP contribution in [0.3, 0.4) is 0 Å². The third-order valence-corrected chi connectivity index (χ3v) is 7.48. The second kappa shape index (κ2) is 8.97. The van der Waals surface area contributed by atoms with E-state index in [0.29, 0.717) is 4.47 Å². The Morgan fingerprint density at radius 1 is 1.11 bits per heavy atom. The van der Waals surface area contributed by atoms with Crippen molar-refractivity contribution in [3.8, 4) is 11.5 Å². The summed E-state index contributed by atoms with van der Waals surface area (Å²) in [5.41, 5.74) is -0.223. The number of phenolic OH excluding ortho intramolecular Hbond substituents is 2. The maximum absolute atomic E-state index is 12.7. The Balaban J connectivity index is 2.47. The van der Waals surface area contributed by atoms with Crippen molar-refractivity contribution in [2.24, 2.45) is 0 Å². The molecule has 0 aromatic heterocycles. The zero-order chi connectivity index (χ0) is 21.1. The summed E-state index contributed by atoms with van der Waals surface area (Å²) >= 11 is 9.07. The van der Waals surface area contributed by atoms with E-state index >= 15 is 0 Å². The molecule has 28 heavy (non-hydrogen) atoms. The van der Waals surface area contributed by atoms with Crippen LogP contribution in [0.2, 0.25) is 5.02 Å². The van der Waals surface area contributed by atoms with E-state index in [1.807, 2.05) is 0 Å². The Kier molecular flexibility index (Phi) is 7.34. The molecular formula is C16H17BrClNO7S2. The monoisotopic (exact) mass is 513 g/mol. The van der Waals surface area contributed by atoms with Gasteiger partial charge in [0.05, 0.1) is 12.4 Å². The SMILES string of the molecule is COCCNS(=O)(=O)c1cc(Cl)cc(CS(=O)(=O)c2cc(Br)ccc2O)c1O. The molecule has 0 spiro atoms. The lowest BCUT2D eigenvalue weighted by Gasteiger charge is -2.13. The number of hydrogen-bond donors (Lipinski definition) is 3. The van der Waals surface area contributed by atoms with Crippen molar-refractivity contribution in [2.75, 3.05) is 20.3 Å². The van der Waals surface area contributed by atoms with Crippen LogP contribution in [0.1, 0.15) is 5.56 Å². The second-order valence-corrected chi connectivity index (χ2v) is 10.7. The van der Waals surface area contributed by atoms with Crippen molar-refractivity contribution in [3.63, 3.8) is 0 Å². The van der Waals surface area contributed by atoms with Crippen LogP contribution in [0.5, 0.6) is 11.5 Å². The second-order valence-electron chi connectivity index (χ2n) is 5.67. The van der Waals surface area contributed by atoms with Crippen molar-refractivity contribution >= 4 is 47.4 Å². The van der Waals surface area contributed by atoms with Crippen LogP contribution in [0.15, 0.2) is 44.6 Å². The molecule has 0 aliphatic heterocycles. The number of aromatic hydroxyl groups is 2. The highest BCUT2D eigenvalue weighted by molar-refractivity contribution is 9.10. The molecule has 0 aliphatic carbocycles. The summed E-state index contributed by atoms with van der Waals surface area (Å²) in [5.74, 6) is -1.99. The lowest BCUT2D eigenvalue weighted by atomic mass is 10.2. The van der Waals surface area contributed by atoms with Gasteiger partial charge in [0.2, 0.25) is 10.0 Å². The third kappa shape index (κ3) is 5.37. The summed E-state index contributed by atoms with van der Waals surface area (Å²) in [5, 5.41) is 20.2. The molecule has 2 aromatic rings. The van der Waals surface area contributed by atoms with Crippen LogP contribution in [0.4, 0.5) is 0 Å². The van der Waals surface area contributed by atoms with Gasteiger partial charge in [-0.2, -0.15) is 0 Å². The fraction of sp³-hybridized carbons (Fsp3) is 0.250. The summed E-state index contributed by atoms with van der Waals surface area (Å²) in [7, 11) is -6.89. The molecule has 0 bridgehead atoms. The summed E-state index contributed by atoms with van der Waals surface area (Å²) in [6, 6.07) is 6.03. The molecule has 0 atom stereocenters. The van der Waals surface area contributed by atoms with Crippen LogP contribution >= 0.6 is 27.5 Å². The first-order valence-electron chi connectivity index (χ1n) is 7.69. The van der Waals surface area contributed by atoms with Gasteiger partial charge < -0.3 is 14.9 Å². The molecule has 3 N–H and O–H groups in total. The van der Waals surface area contributed by atoms with Gasteiger partial charge in [-0.15, -0.1) is 0 Å². The van der Waals surface area contributed by atoms with Gasteiger partial charge in [0.25, 0.3) is 0 Å². The molecule has 0 unspecified atom stereocenters. The first-order valence-corrected chi connectivity index (χ1v) is 12.0. The normalized spacial score (nSPS) is 12.2. The van der Waals surface area contributed by atoms with Gasteiger partial charge in [0.1, 0.15) is 21.3 Å². The number of methoxy groups -OCH3 is 1. The molecule has 2 rings (SSSR count). The molecule has 0 saturated carbocycles. The van der Waals surface area contributed by atoms with Crippen molar-refractivity contribution in [2.45, 2.75) is 15.5 Å². The number of hydrogen-bond acceptors (Lipinski definition) is 7. The fourth-order valence-electron chi connectivity index (χ4n) is 2.32. The number of benzene rings is 2. The van der Waals surface area contributed by atoms with Gasteiger partial charge in [-0.1, -0.05) is 27.5 Å². The van der Waals surface area contributed by atoms with Crippen LogP contribution < -0.4 is 4.72 Å². The standard InChI is InChI=1S/C16H17BrClNO7S2/c1-26-5-4-19-28(24,25)15-8-12(18)6-10(16(15)21)9-27(22,23)14-7-11(17)2-3-13(14)20/h2-3,6-8,19-21H,4-5,9H2,1H3. The van der Waals surface area contributed by atoms with Crippen molar-refractivity contribution in [1.29, 1.82) is 0 Å². The smallest absolute Gasteiger partial charge is 0.244 e. The molecule has 12 heteroatoms. The zero-order valence-electron chi connectivity index (χ0n) is 14.5. The molecule has 0 radical (unpaired) electrons. The topological polar surface area (TPSA) is 130 Å². The molecule has 0 amide bonds. The van der Waals surface area contributed by atoms with E-state index in [-0.39, 0.29) is 28.6 Å². The number of phenols is 2. The average Bonchev–Trinajstić information content (AvgIpc) is 2.59. The van der Waals surface area contributed by atoms with Crippen molar-refractivity contribution in [3.05, 3.63) is 45.4 Å². The quantitative estimate of drug-likeness (QED) is 0.461. The highest BCUT2D eigenvalue weighted by Crippen LogP contribution is 2.35. The van der Waals surface area contributed by atoms with Crippen LogP contribution in [0.25, 0.3) is 0 Å². The molecule has 8 nitrogen and oxygen atoms in total. The van der Waals surface area contributed by atoms with Gasteiger partial charge in [-0.05, 0) is 30.3 Å². The average molecular weight is 515 g/mol.